The summed E-state index contributed by atoms with van der Waals surface area (Å²) in [4.78, 5) is 26.8. The van der Waals surface area contributed by atoms with Gasteiger partial charge in [-0.25, -0.2) is 9.67 Å². The number of amides is 1. The highest BCUT2D eigenvalue weighted by Gasteiger charge is 2.27. The first-order valence-electron chi connectivity index (χ1n) is 17.8. The van der Waals surface area contributed by atoms with Crippen LogP contribution in [0.4, 0.5) is 11.6 Å². The minimum Gasteiger partial charge on any atom is -0.497 e. The van der Waals surface area contributed by atoms with Gasteiger partial charge in [-0.1, -0.05) is 6.07 Å². The van der Waals surface area contributed by atoms with E-state index in [1.807, 2.05) is 85.7 Å². The van der Waals surface area contributed by atoms with Crippen molar-refractivity contribution in [1.29, 1.82) is 0 Å². The third-order valence-electron chi connectivity index (χ3n) is 10.1. The average Bonchev–Trinajstić information content (AvgIpc) is 3.82. The first-order valence-corrected chi connectivity index (χ1v) is 17.8. The summed E-state index contributed by atoms with van der Waals surface area (Å²) >= 11 is 0. The lowest BCUT2D eigenvalue weighted by atomic mass is 10.0. The third kappa shape index (κ3) is 6.54. The molecule has 6 aromatic rings. The molecule has 4 aromatic heterocycles. The number of anilines is 2. The molecule has 0 radical (unpaired) electrons. The number of piperazine rings is 1. The number of nitrogens with one attached hydrogen (secondary N) is 1. The van der Waals surface area contributed by atoms with E-state index < -0.39 is 0 Å². The number of aromatic nitrogens is 6. The van der Waals surface area contributed by atoms with Crippen LogP contribution in [0.1, 0.15) is 36.6 Å². The Morgan fingerprint density at radius 1 is 0.981 bits per heavy atom. The molecular weight excluding hydrogens is 674 g/mol. The molecule has 0 saturated carbocycles. The highest BCUT2D eigenvalue weighted by atomic mass is 16.5. The summed E-state index contributed by atoms with van der Waals surface area (Å²) in [5.41, 5.74) is 4.50. The van der Waals surface area contributed by atoms with Gasteiger partial charge in [-0.3, -0.25) is 9.48 Å². The second kappa shape index (κ2) is 14.3. The van der Waals surface area contributed by atoms with E-state index in [2.05, 4.69) is 16.5 Å². The molecule has 8 rings (SSSR count). The number of methoxy groups -OCH3 is 2. The quantitative estimate of drug-likeness (QED) is 0.177. The van der Waals surface area contributed by atoms with E-state index in [4.69, 9.17) is 34.0 Å². The van der Waals surface area contributed by atoms with Crippen molar-refractivity contribution in [1.82, 2.24) is 34.4 Å². The number of likely N-dealkylation sites (N-methyl/N-ethyl adjacent to an activating group) is 1. The van der Waals surface area contributed by atoms with E-state index in [9.17, 15) is 4.79 Å². The lowest BCUT2D eigenvalue weighted by molar-refractivity contribution is -0.129. The van der Waals surface area contributed by atoms with Gasteiger partial charge in [-0.2, -0.15) is 15.2 Å². The summed E-state index contributed by atoms with van der Waals surface area (Å²) in [6.07, 6.45) is 10.4. The van der Waals surface area contributed by atoms with Crippen LogP contribution in [0, 0.1) is 6.92 Å². The molecule has 14 heteroatoms. The van der Waals surface area contributed by atoms with Crippen LogP contribution in [0.5, 0.6) is 23.1 Å². The first kappa shape index (κ1) is 34.2. The zero-order chi connectivity index (χ0) is 36.6. The maximum absolute atomic E-state index is 13.0. The van der Waals surface area contributed by atoms with E-state index in [0.717, 1.165) is 57.8 Å². The van der Waals surface area contributed by atoms with Crippen LogP contribution in [0.2, 0.25) is 0 Å². The molecule has 274 valence electrons. The Bertz CT molecular complexity index is 2310. The molecule has 2 fully saturated rings. The highest BCUT2D eigenvalue weighted by molar-refractivity contribution is 6.06. The number of benzene rings is 2. The minimum atomic E-state index is -0.133. The summed E-state index contributed by atoms with van der Waals surface area (Å²) in [7, 11) is 6.98. The Morgan fingerprint density at radius 2 is 1.87 bits per heavy atom. The molecule has 0 spiro atoms. The van der Waals surface area contributed by atoms with Crippen molar-refractivity contribution < 1.29 is 23.7 Å². The zero-order valence-electron chi connectivity index (χ0n) is 30.6. The number of pyridine rings is 2. The number of hydrogen-bond donors (Lipinski definition) is 1. The molecule has 1 unspecified atom stereocenters. The number of nitrogens with zero attached hydrogens (tertiary/aromatic N) is 8. The van der Waals surface area contributed by atoms with Gasteiger partial charge in [-0.05, 0) is 56.0 Å². The van der Waals surface area contributed by atoms with E-state index in [0.29, 0.717) is 66.4 Å². The van der Waals surface area contributed by atoms with Gasteiger partial charge in [0.2, 0.25) is 11.8 Å². The third-order valence-corrected chi connectivity index (χ3v) is 10.1. The fraction of sp³-hybridized carbons (Fsp3) is 0.359. The smallest absolute Gasteiger partial charge is 0.241 e. The van der Waals surface area contributed by atoms with Crippen LogP contribution in [0.3, 0.4) is 0 Å². The molecule has 2 saturated heterocycles. The largest absolute Gasteiger partial charge is 0.497 e. The van der Waals surface area contributed by atoms with Crippen molar-refractivity contribution in [3.63, 3.8) is 0 Å². The summed E-state index contributed by atoms with van der Waals surface area (Å²) in [5, 5.41) is 15.2. The Balaban J connectivity index is 1.30. The van der Waals surface area contributed by atoms with Crippen molar-refractivity contribution in [2.45, 2.75) is 39.0 Å². The molecule has 6 heterocycles. The normalized spacial score (nSPS) is 16.4. The van der Waals surface area contributed by atoms with Gasteiger partial charge in [0.05, 0.1) is 49.4 Å². The van der Waals surface area contributed by atoms with E-state index in [1.165, 1.54) is 0 Å². The Hall–Kier alpha value is -5.89. The molecule has 2 aromatic carbocycles. The molecule has 2 aliphatic heterocycles. The number of carbonyl (C=O) groups excluding carboxylic acids is 1. The zero-order valence-corrected chi connectivity index (χ0v) is 30.6. The second-order valence-corrected chi connectivity index (χ2v) is 13.6. The number of carbonyl (C=O) groups is 1. The van der Waals surface area contributed by atoms with Crippen molar-refractivity contribution in [2.24, 2.45) is 7.05 Å². The second-order valence-electron chi connectivity index (χ2n) is 13.6. The van der Waals surface area contributed by atoms with E-state index >= 15 is 0 Å². The number of aryl methyl sites for hydroxylation is 2. The molecular formula is C39H43N9O5. The molecule has 53 heavy (non-hydrogen) atoms. The van der Waals surface area contributed by atoms with E-state index in [1.54, 1.807) is 23.8 Å². The van der Waals surface area contributed by atoms with Crippen molar-refractivity contribution >= 4 is 39.2 Å². The molecule has 0 bridgehead atoms. The van der Waals surface area contributed by atoms with Crippen LogP contribution in [0.25, 0.3) is 32.8 Å². The van der Waals surface area contributed by atoms with Crippen molar-refractivity contribution in [2.75, 3.05) is 57.7 Å². The maximum Gasteiger partial charge on any atom is 0.241 e. The molecule has 1 atom stereocenters. The average molecular weight is 718 g/mol. The fourth-order valence-electron chi connectivity index (χ4n) is 7.09. The minimum absolute atomic E-state index is 0.0246. The van der Waals surface area contributed by atoms with Crippen molar-refractivity contribution in [3.8, 4) is 34.3 Å². The van der Waals surface area contributed by atoms with Crippen LogP contribution >= 0.6 is 0 Å². The van der Waals surface area contributed by atoms with Crippen LogP contribution in [-0.4, -0.2) is 87.8 Å². The molecule has 14 nitrogen and oxygen atoms in total. The van der Waals surface area contributed by atoms with Gasteiger partial charge >= 0.3 is 0 Å². The first-order chi connectivity index (χ1) is 25.8. The van der Waals surface area contributed by atoms with Crippen molar-refractivity contribution in [3.05, 3.63) is 72.3 Å². The number of fused-ring (bicyclic) bond motifs is 2. The van der Waals surface area contributed by atoms with Crippen LogP contribution < -0.4 is 24.4 Å². The number of rotatable bonds is 10. The Kier molecular flexibility index (Phi) is 9.21. The molecule has 0 aliphatic carbocycles. The predicted molar refractivity (Wildman–Crippen MR) is 202 cm³/mol. The number of ether oxygens (including phenoxy) is 4. The van der Waals surface area contributed by atoms with E-state index in [-0.39, 0.29) is 18.7 Å². The number of hydrogen-bond acceptors (Lipinski definition) is 11. The Morgan fingerprint density at radius 3 is 2.62 bits per heavy atom. The standard InChI is InChI=1S/C39H43N9O5/c1-24-9-12-31-30(21-43-48(31)35-8-6-7-15-52-35)37(24)53-39-36-28(17-33(44-39)47-14-13-45(2)34(49)23-47)29(26-19-42-46(3)22-26)20-41-38(36)40-18-25-10-11-27(50-4)16-32(25)51-5/h9-12,16-17,19-22,35H,6-8,13-15,18,23H2,1-5H3,(H,40,41). The summed E-state index contributed by atoms with van der Waals surface area (Å²) < 4.78 is 28.0. The topological polar surface area (TPSA) is 134 Å². The molecule has 1 N–H and O–H groups in total. The monoisotopic (exact) mass is 717 g/mol. The van der Waals surface area contributed by atoms with Gasteiger partial charge < -0.3 is 34.1 Å². The van der Waals surface area contributed by atoms with Gasteiger partial charge in [0.15, 0.2) is 6.23 Å². The van der Waals surface area contributed by atoms with Crippen LogP contribution in [-0.2, 0) is 23.1 Å². The van der Waals surface area contributed by atoms with Gasteiger partial charge in [-0.15, -0.1) is 0 Å². The summed E-state index contributed by atoms with van der Waals surface area (Å²) in [6, 6.07) is 11.9. The maximum atomic E-state index is 13.0. The highest BCUT2D eigenvalue weighted by Crippen LogP contribution is 2.43. The summed E-state index contributed by atoms with van der Waals surface area (Å²) in [6.45, 7) is 4.54. The predicted octanol–water partition coefficient (Wildman–Crippen LogP) is 6.09. The van der Waals surface area contributed by atoms with Gasteiger partial charge in [0, 0.05) is 80.9 Å². The fourth-order valence-corrected chi connectivity index (χ4v) is 7.09. The lowest BCUT2D eigenvalue weighted by Gasteiger charge is -2.33. The SMILES string of the molecule is COc1ccc(CNc2ncc(-c3cnn(C)c3)c3cc(N4CCN(C)C(=O)C4)nc(Oc4c(C)ccc5c4cnn5C4CCCCO4)c23)c(OC)c1. The Labute approximate surface area is 307 Å². The van der Waals surface area contributed by atoms with Gasteiger partial charge in [0.25, 0.3) is 0 Å². The lowest BCUT2D eigenvalue weighted by Crippen LogP contribution is -2.48. The summed E-state index contributed by atoms with van der Waals surface area (Å²) in [5.74, 6) is 3.60. The van der Waals surface area contributed by atoms with Gasteiger partial charge in [0.1, 0.15) is 28.9 Å². The van der Waals surface area contributed by atoms with Crippen LogP contribution in [0.15, 0.2) is 61.2 Å². The molecule has 1 amide bonds. The molecule has 2 aliphatic rings.